The van der Waals surface area contributed by atoms with E-state index in [4.69, 9.17) is 0 Å². The van der Waals surface area contributed by atoms with Crippen LogP contribution in [0.4, 0.5) is 4.79 Å². The SMILES string of the molecule is C[C@H]1CCN(C(=O)NCc2cc(=O)[nH]c3ccccc23)C[C@@H](C)C1. The summed E-state index contributed by atoms with van der Waals surface area (Å²) < 4.78 is 0. The summed E-state index contributed by atoms with van der Waals surface area (Å²) in [5, 5.41) is 3.95. The standard InChI is InChI=1S/C19H25N3O2/c1-13-7-8-22(12-14(2)9-13)19(24)20-11-15-10-18(23)21-17-6-4-3-5-16(15)17/h3-6,10,13-14H,7-9,11-12H2,1-2H3,(H,20,24)(H,21,23)/t13-,14-/m0/s1. The Kier molecular flexibility index (Phi) is 4.88. The lowest BCUT2D eigenvalue weighted by molar-refractivity contribution is 0.193. The molecule has 1 aromatic heterocycles. The maximum atomic E-state index is 12.5. The zero-order valence-electron chi connectivity index (χ0n) is 14.3. The van der Waals surface area contributed by atoms with Crippen LogP contribution in [0.2, 0.25) is 0 Å². The second-order valence-electron chi connectivity index (χ2n) is 7.04. The molecule has 0 aliphatic carbocycles. The van der Waals surface area contributed by atoms with Crippen LogP contribution in [0, 0.1) is 11.8 Å². The van der Waals surface area contributed by atoms with Crippen LogP contribution in [0.25, 0.3) is 10.9 Å². The smallest absolute Gasteiger partial charge is 0.317 e. The summed E-state index contributed by atoms with van der Waals surface area (Å²) in [6, 6.07) is 9.18. The van der Waals surface area contributed by atoms with Crippen LogP contribution in [0.5, 0.6) is 0 Å². The molecule has 2 amide bonds. The average Bonchev–Trinajstić information content (AvgIpc) is 2.72. The van der Waals surface area contributed by atoms with Crippen molar-refractivity contribution in [3.8, 4) is 0 Å². The van der Waals surface area contributed by atoms with Gasteiger partial charge in [-0.1, -0.05) is 32.0 Å². The van der Waals surface area contributed by atoms with Gasteiger partial charge in [-0.05, 0) is 36.3 Å². The molecule has 2 aromatic rings. The highest BCUT2D eigenvalue weighted by Gasteiger charge is 2.22. The highest BCUT2D eigenvalue weighted by molar-refractivity contribution is 5.82. The summed E-state index contributed by atoms with van der Waals surface area (Å²) in [6.07, 6.45) is 2.22. The van der Waals surface area contributed by atoms with Crippen molar-refractivity contribution in [2.24, 2.45) is 11.8 Å². The molecule has 24 heavy (non-hydrogen) atoms. The number of amides is 2. The Morgan fingerprint density at radius 2 is 2.08 bits per heavy atom. The number of urea groups is 1. The number of hydrogen-bond acceptors (Lipinski definition) is 2. The predicted octanol–water partition coefficient (Wildman–Crippen LogP) is 3.11. The van der Waals surface area contributed by atoms with Gasteiger partial charge in [0.25, 0.3) is 0 Å². The number of aromatic amines is 1. The van der Waals surface area contributed by atoms with E-state index in [0.717, 1.165) is 36.0 Å². The molecule has 128 valence electrons. The summed E-state index contributed by atoms with van der Waals surface area (Å²) in [5.74, 6) is 1.18. The Morgan fingerprint density at radius 1 is 1.29 bits per heavy atom. The van der Waals surface area contributed by atoms with Gasteiger partial charge in [0, 0.05) is 36.6 Å². The zero-order chi connectivity index (χ0) is 17.1. The van der Waals surface area contributed by atoms with Gasteiger partial charge in [0.05, 0.1) is 0 Å². The topological polar surface area (TPSA) is 65.2 Å². The van der Waals surface area contributed by atoms with Crippen molar-refractivity contribution in [2.45, 2.75) is 33.2 Å². The van der Waals surface area contributed by atoms with Crippen molar-refractivity contribution in [1.82, 2.24) is 15.2 Å². The highest BCUT2D eigenvalue weighted by atomic mass is 16.2. The van der Waals surface area contributed by atoms with Crippen molar-refractivity contribution in [1.29, 1.82) is 0 Å². The first-order valence-corrected chi connectivity index (χ1v) is 8.66. The molecule has 0 unspecified atom stereocenters. The summed E-state index contributed by atoms with van der Waals surface area (Å²) >= 11 is 0. The number of hydrogen-bond donors (Lipinski definition) is 2. The van der Waals surface area contributed by atoms with Crippen LogP contribution in [-0.4, -0.2) is 29.0 Å². The number of aromatic nitrogens is 1. The van der Waals surface area contributed by atoms with E-state index in [-0.39, 0.29) is 11.6 Å². The molecule has 5 nitrogen and oxygen atoms in total. The van der Waals surface area contributed by atoms with E-state index in [9.17, 15) is 9.59 Å². The fourth-order valence-electron chi connectivity index (χ4n) is 3.61. The Balaban J connectivity index is 1.71. The van der Waals surface area contributed by atoms with Crippen LogP contribution in [-0.2, 0) is 6.54 Å². The fraction of sp³-hybridized carbons (Fsp3) is 0.474. The number of nitrogens with zero attached hydrogens (tertiary/aromatic N) is 1. The molecule has 1 saturated heterocycles. The third kappa shape index (κ3) is 3.78. The monoisotopic (exact) mass is 327 g/mol. The fourth-order valence-corrected chi connectivity index (χ4v) is 3.61. The molecule has 1 aromatic carbocycles. The maximum absolute atomic E-state index is 12.5. The molecule has 3 rings (SSSR count). The molecule has 1 aliphatic heterocycles. The Labute approximate surface area is 142 Å². The van der Waals surface area contributed by atoms with E-state index >= 15 is 0 Å². The zero-order valence-corrected chi connectivity index (χ0v) is 14.3. The molecule has 0 saturated carbocycles. The number of carbonyl (C=O) groups is 1. The van der Waals surface area contributed by atoms with Gasteiger partial charge in [0.15, 0.2) is 0 Å². The van der Waals surface area contributed by atoms with Crippen LogP contribution >= 0.6 is 0 Å². The van der Waals surface area contributed by atoms with Crippen molar-refractivity contribution in [3.63, 3.8) is 0 Å². The normalized spacial score (nSPS) is 21.5. The van der Waals surface area contributed by atoms with Gasteiger partial charge in [-0.2, -0.15) is 0 Å². The van der Waals surface area contributed by atoms with E-state index in [2.05, 4.69) is 24.1 Å². The van der Waals surface area contributed by atoms with E-state index in [1.165, 1.54) is 6.42 Å². The average molecular weight is 327 g/mol. The molecule has 0 spiro atoms. The molecule has 1 aliphatic rings. The summed E-state index contributed by atoms with van der Waals surface area (Å²) in [5.41, 5.74) is 1.50. The van der Waals surface area contributed by atoms with Crippen LogP contribution in [0.3, 0.4) is 0 Å². The van der Waals surface area contributed by atoms with Gasteiger partial charge in [-0.25, -0.2) is 4.79 Å². The third-order valence-corrected chi connectivity index (χ3v) is 4.78. The van der Waals surface area contributed by atoms with Gasteiger partial charge in [0.1, 0.15) is 0 Å². The number of fused-ring (bicyclic) bond motifs is 1. The molecule has 2 heterocycles. The van der Waals surface area contributed by atoms with Gasteiger partial charge >= 0.3 is 6.03 Å². The maximum Gasteiger partial charge on any atom is 0.317 e. The van der Waals surface area contributed by atoms with Gasteiger partial charge < -0.3 is 15.2 Å². The number of carbonyl (C=O) groups excluding carboxylic acids is 1. The lowest BCUT2D eigenvalue weighted by Crippen LogP contribution is -2.41. The lowest BCUT2D eigenvalue weighted by atomic mass is 9.97. The second kappa shape index (κ2) is 7.07. The van der Waals surface area contributed by atoms with Crippen LogP contribution in [0.15, 0.2) is 35.1 Å². The first-order valence-electron chi connectivity index (χ1n) is 8.66. The molecule has 2 N–H and O–H groups in total. The number of benzene rings is 1. The lowest BCUT2D eigenvalue weighted by Gasteiger charge is -2.23. The van der Waals surface area contributed by atoms with E-state index < -0.39 is 0 Å². The van der Waals surface area contributed by atoms with Crippen molar-refractivity contribution in [3.05, 3.63) is 46.2 Å². The molecular formula is C19H25N3O2. The second-order valence-corrected chi connectivity index (χ2v) is 7.04. The summed E-state index contributed by atoms with van der Waals surface area (Å²) in [7, 11) is 0. The van der Waals surface area contributed by atoms with E-state index in [0.29, 0.717) is 18.4 Å². The number of H-pyrrole nitrogens is 1. The Hall–Kier alpha value is -2.30. The van der Waals surface area contributed by atoms with Crippen LogP contribution < -0.4 is 10.9 Å². The number of pyridine rings is 1. The van der Waals surface area contributed by atoms with Crippen molar-refractivity contribution >= 4 is 16.9 Å². The summed E-state index contributed by atoms with van der Waals surface area (Å²) in [4.78, 5) is 29.1. The molecular weight excluding hydrogens is 302 g/mol. The first kappa shape index (κ1) is 16.6. The molecule has 5 heteroatoms. The highest BCUT2D eigenvalue weighted by Crippen LogP contribution is 2.21. The molecule has 0 bridgehead atoms. The Morgan fingerprint density at radius 3 is 2.92 bits per heavy atom. The largest absolute Gasteiger partial charge is 0.334 e. The molecule has 2 atom stereocenters. The number of nitrogens with one attached hydrogen (secondary N) is 2. The Bertz CT molecular complexity index is 784. The van der Waals surface area contributed by atoms with E-state index in [1.54, 1.807) is 6.07 Å². The number of likely N-dealkylation sites (tertiary alicyclic amines) is 1. The molecule has 0 radical (unpaired) electrons. The van der Waals surface area contributed by atoms with Crippen molar-refractivity contribution < 1.29 is 4.79 Å². The summed E-state index contributed by atoms with van der Waals surface area (Å²) in [6.45, 7) is 6.41. The van der Waals surface area contributed by atoms with Gasteiger partial charge in [-0.15, -0.1) is 0 Å². The third-order valence-electron chi connectivity index (χ3n) is 4.78. The number of rotatable bonds is 2. The minimum atomic E-state index is -0.143. The minimum Gasteiger partial charge on any atom is -0.334 e. The predicted molar refractivity (Wildman–Crippen MR) is 95.9 cm³/mol. The molecule has 1 fully saturated rings. The van der Waals surface area contributed by atoms with Crippen LogP contribution in [0.1, 0.15) is 32.3 Å². The minimum absolute atomic E-state index is 0.0414. The van der Waals surface area contributed by atoms with E-state index in [1.807, 2.05) is 29.2 Å². The first-order chi connectivity index (χ1) is 11.5. The number of para-hydroxylation sites is 1. The van der Waals surface area contributed by atoms with Crippen molar-refractivity contribution in [2.75, 3.05) is 13.1 Å². The quantitative estimate of drug-likeness (QED) is 0.890. The van der Waals surface area contributed by atoms with Gasteiger partial charge in [-0.3, -0.25) is 4.79 Å². The van der Waals surface area contributed by atoms with Gasteiger partial charge in [0.2, 0.25) is 5.56 Å².